The van der Waals surface area contributed by atoms with Crippen molar-refractivity contribution in [1.82, 2.24) is 10.6 Å². The smallest absolute Gasteiger partial charge is 0.187 e. The second-order valence-electron chi connectivity index (χ2n) is 5.97. The van der Waals surface area contributed by atoms with E-state index in [1.165, 1.54) is 0 Å². The zero-order valence-electron chi connectivity index (χ0n) is 15.2. The summed E-state index contributed by atoms with van der Waals surface area (Å²) in [6, 6.07) is 18.3. The molecule has 0 spiro atoms. The average Bonchev–Trinajstić information content (AvgIpc) is 2.66. The maximum atomic E-state index is 12.1. The number of allylic oxidation sites excluding steroid dienone is 4. The molecule has 0 aliphatic rings. The van der Waals surface area contributed by atoms with E-state index in [1.807, 2.05) is 50.2 Å². The highest BCUT2D eigenvalue weighted by molar-refractivity contribution is 6.05. The van der Waals surface area contributed by atoms with E-state index < -0.39 is 0 Å². The van der Waals surface area contributed by atoms with Crippen molar-refractivity contribution in [2.24, 2.45) is 0 Å². The molecule has 0 atom stereocenters. The van der Waals surface area contributed by atoms with Gasteiger partial charge in [0, 0.05) is 47.8 Å². The van der Waals surface area contributed by atoms with Gasteiger partial charge in [0.25, 0.3) is 0 Å². The lowest BCUT2D eigenvalue weighted by Crippen LogP contribution is -2.26. The van der Waals surface area contributed by atoms with Gasteiger partial charge in [-0.1, -0.05) is 60.7 Å². The minimum atomic E-state index is -0.0203. The summed E-state index contributed by atoms with van der Waals surface area (Å²) >= 11 is 0. The molecule has 0 bridgehead atoms. The lowest BCUT2D eigenvalue weighted by molar-refractivity contribution is 0.103. The Morgan fingerprint density at radius 3 is 1.38 bits per heavy atom. The van der Waals surface area contributed by atoms with E-state index >= 15 is 0 Å². The monoisotopic (exact) mass is 348 g/mol. The first-order chi connectivity index (χ1) is 12.6. The fourth-order valence-electron chi connectivity index (χ4n) is 2.39. The van der Waals surface area contributed by atoms with Gasteiger partial charge in [0.2, 0.25) is 0 Å². The Hall–Kier alpha value is -3.14. The van der Waals surface area contributed by atoms with Crippen molar-refractivity contribution in [3.05, 3.63) is 95.3 Å². The number of nitrogens with one attached hydrogen (secondary N) is 2. The molecule has 26 heavy (non-hydrogen) atoms. The third-order valence-electron chi connectivity index (χ3n) is 3.74. The number of hydrogen-bond acceptors (Lipinski definition) is 4. The first kappa shape index (κ1) is 19.2. The van der Waals surface area contributed by atoms with Crippen LogP contribution in [0.15, 0.2) is 84.2 Å². The molecule has 2 rings (SSSR count). The molecule has 134 valence electrons. The van der Waals surface area contributed by atoms with Crippen LogP contribution in [0.2, 0.25) is 0 Å². The van der Waals surface area contributed by atoms with Crippen molar-refractivity contribution in [3.63, 3.8) is 0 Å². The van der Waals surface area contributed by atoms with Crippen LogP contribution in [0.1, 0.15) is 34.6 Å². The second-order valence-corrected chi connectivity index (χ2v) is 5.97. The standard InChI is InChI=1S/C22H24N2O2/c1-17(15-21(25)19-9-5-3-6-10-19)23-13-14-24-18(2)16-22(26)20-11-7-4-8-12-20/h3-12,15-16,23-24H,13-14H2,1-2H3. The molecule has 4 nitrogen and oxygen atoms in total. The Labute approximate surface area is 154 Å². The van der Waals surface area contributed by atoms with Gasteiger partial charge in [-0.05, 0) is 13.8 Å². The van der Waals surface area contributed by atoms with E-state index in [4.69, 9.17) is 0 Å². The van der Waals surface area contributed by atoms with Gasteiger partial charge in [0.1, 0.15) is 0 Å². The molecule has 2 N–H and O–H groups in total. The van der Waals surface area contributed by atoms with Crippen LogP contribution < -0.4 is 10.6 Å². The normalized spacial score (nSPS) is 11.8. The summed E-state index contributed by atoms with van der Waals surface area (Å²) in [6.07, 6.45) is 3.19. The highest BCUT2D eigenvalue weighted by atomic mass is 16.1. The van der Waals surface area contributed by atoms with Gasteiger partial charge in [0.05, 0.1) is 0 Å². The van der Waals surface area contributed by atoms with Crippen molar-refractivity contribution in [1.29, 1.82) is 0 Å². The van der Waals surface area contributed by atoms with E-state index in [1.54, 1.807) is 36.4 Å². The van der Waals surface area contributed by atoms with Crippen LogP contribution >= 0.6 is 0 Å². The Kier molecular flexibility index (Phi) is 7.37. The highest BCUT2D eigenvalue weighted by Crippen LogP contribution is 2.03. The topological polar surface area (TPSA) is 58.2 Å². The number of carbonyl (C=O) groups is 2. The number of ketones is 2. The Morgan fingerprint density at radius 1 is 0.692 bits per heavy atom. The first-order valence-corrected chi connectivity index (χ1v) is 8.59. The summed E-state index contributed by atoms with van der Waals surface area (Å²) in [6.45, 7) is 5.02. The molecule has 2 aromatic rings. The molecule has 0 amide bonds. The van der Waals surface area contributed by atoms with Gasteiger partial charge in [-0.2, -0.15) is 0 Å². The van der Waals surface area contributed by atoms with Crippen molar-refractivity contribution in [3.8, 4) is 0 Å². The van der Waals surface area contributed by atoms with Crippen molar-refractivity contribution in [2.45, 2.75) is 13.8 Å². The second kappa shape index (κ2) is 9.99. The first-order valence-electron chi connectivity index (χ1n) is 8.59. The van der Waals surface area contributed by atoms with Gasteiger partial charge in [0.15, 0.2) is 11.6 Å². The fraction of sp³-hybridized carbons (Fsp3) is 0.182. The summed E-state index contributed by atoms with van der Waals surface area (Å²) in [5, 5.41) is 6.38. The molecule has 0 aliphatic heterocycles. The Morgan fingerprint density at radius 2 is 1.04 bits per heavy atom. The van der Waals surface area contributed by atoms with E-state index in [0.29, 0.717) is 24.2 Å². The van der Waals surface area contributed by atoms with Crippen LogP contribution in [-0.2, 0) is 0 Å². The third-order valence-corrected chi connectivity index (χ3v) is 3.74. The number of hydrogen-bond donors (Lipinski definition) is 2. The molecule has 2 aromatic carbocycles. The molecule has 0 aromatic heterocycles. The fourth-order valence-corrected chi connectivity index (χ4v) is 2.39. The van der Waals surface area contributed by atoms with Crippen LogP contribution in [-0.4, -0.2) is 24.7 Å². The molecule has 0 unspecified atom stereocenters. The maximum Gasteiger partial charge on any atom is 0.187 e. The minimum absolute atomic E-state index is 0.0203. The molecule has 4 heteroatoms. The predicted molar refractivity (Wildman–Crippen MR) is 105 cm³/mol. The Balaban J connectivity index is 1.75. The lowest BCUT2D eigenvalue weighted by Gasteiger charge is -2.09. The molecule has 0 saturated carbocycles. The van der Waals surface area contributed by atoms with E-state index in [2.05, 4.69) is 10.6 Å². The van der Waals surface area contributed by atoms with Crippen LogP contribution in [0.4, 0.5) is 0 Å². The van der Waals surface area contributed by atoms with E-state index in [-0.39, 0.29) is 11.6 Å². The minimum Gasteiger partial charge on any atom is -0.387 e. The number of benzene rings is 2. The quantitative estimate of drug-likeness (QED) is 0.412. The van der Waals surface area contributed by atoms with Gasteiger partial charge < -0.3 is 10.6 Å². The zero-order valence-corrected chi connectivity index (χ0v) is 15.2. The molecule has 0 fully saturated rings. The molecule has 0 radical (unpaired) electrons. The molecule has 0 aliphatic carbocycles. The van der Waals surface area contributed by atoms with Gasteiger partial charge in [-0.3, -0.25) is 9.59 Å². The molecular weight excluding hydrogens is 324 g/mol. The summed E-state index contributed by atoms with van der Waals surface area (Å²) < 4.78 is 0. The zero-order chi connectivity index (χ0) is 18.8. The summed E-state index contributed by atoms with van der Waals surface area (Å²) in [5.41, 5.74) is 2.96. The van der Waals surface area contributed by atoms with Crippen molar-refractivity contribution >= 4 is 11.6 Å². The summed E-state index contributed by atoms with van der Waals surface area (Å²) in [7, 11) is 0. The third kappa shape index (κ3) is 6.40. The summed E-state index contributed by atoms with van der Waals surface area (Å²) in [4.78, 5) is 24.1. The molecule has 0 saturated heterocycles. The van der Waals surface area contributed by atoms with Crippen molar-refractivity contribution < 1.29 is 9.59 Å². The lowest BCUT2D eigenvalue weighted by atomic mass is 10.1. The van der Waals surface area contributed by atoms with E-state index in [9.17, 15) is 9.59 Å². The van der Waals surface area contributed by atoms with Crippen LogP contribution in [0.3, 0.4) is 0 Å². The molecular formula is C22H24N2O2. The maximum absolute atomic E-state index is 12.1. The van der Waals surface area contributed by atoms with E-state index in [0.717, 1.165) is 11.4 Å². The number of rotatable bonds is 9. The van der Waals surface area contributed by atoms with Gasteiger partial charge in [-0.25, -0.2) is 0 Å². The highest BCUT2D eigenvalue weighted by Gasteiger charge is 2.03. The van der Waals surface area contributed by atoms with Crippen LogP contribution in [0.5, 0.6) is 0 Å². The Bertz CT molecular complexity index is 724. The predicted octanol–water partition coefficient (Wildman–Crippen LogP) is 3.74. The SMILES string of the molecule is CC(=CC(=O)c1ccccc1)NCCNC(C)=CC(=O)c1ccccc1. The number of carbonyl (C=O) groups excluding carboxylic acids is 2. The summed E-state index contributed by atoms with van der Waals surface area (Å²) in [5.74, 6) is -0.0406. The van der Waals surface area contributed by atoms with Crippen LogP contribution in [0, 0.1) is 0 Å². The van der Waals surface area contributed by atoms with Crippen molar-refractivity contribution in [2.75, 3.05) is 13.1 Å². The van der Waals surface area contributed by atoms with Gasteiger partial charge >= 0.3 is 0 Å². The molecule has 0 heterocycles. The van der Waals surface area contributed by atoms with Gasteiger partial charge in [-0.15, -0.1) is 0 Å². The largest absolute Gasteiger partial charge is 0.387 e. The average molecular weight is 348 g/mol. The van der Waals surface area contributed by atoms with Crippen LogP contribution in [0.25, 0.3) is 0 Å².